The van der Waals surface area contributed by atoms with Crippen molar-refractivity contribution in [2.45, 2.75) is 44.2 Å². The molecule has 2 aliphatic rings. The van der Waals surface area contributed by atoms with Crippen molar-refractivity contribution in [3.8, 4) is 0 Å². The molecule has 2 aromatic heterocycles. The highest BCUT2D eigenvalue weighted by Gasteiger charge is 2.39. The zero-order chi connectivity index (χ0) is 17.7. The van der Waals surface area contributed by atoms with E-state index in [-0.39, 0.29) is 17.5 Å². The predicted molar refractivity (Wildman–Crippen MR) is 98.2 cm³/mol. The van der Waals surface area contributed by atoms with Gasteiger partial charge in [-0.2, -0.15) is 5.10 Å². The smallest absolute Gasteiger partial charge is 0.264 e. The number of aromatic nitrogens is 3. The number of amides is 1. The summed E-state index contributed by atoms with van der Waals surface area (Å²) < 4.78 is 0. The van der Waals surface area contributed by atoms with Crippen LogP contribution in [-0.2, 0) is 12.8 Å². The maximum atomic E-state index is 13.4. The Morgan fingerprint density at radius 1 is 1.15 bits per heavy atom. The van der Waals surface area contributed by atoms with Gasteiger partial charge in [0, 0.05) is 40.8 Å². The molecule has 1 atom stereocenters. The number of nitrogens with one attached hydrogen (secondary N) is 2. The lowest BCUT2D eigenvalue weighted by molar-refractivity contribution is 0.0644. The van der Waals surface area contributed by atoms with Crippen LogP contribution in [0.5, 0.6) is 0 Å². The van der Waals surface area contributed by atoms with Crippen molar-refractivity contribution in [1.29, 1.82) is 0 Å². The van der Waals surface area contributed by atoms with Gasteiger partial charge in [0.15, 0.2) is 0 Å². The van der Waals surface area contributed by atoms with Crippen molar-refractivity contribution in [2.75, 3.05) is 0 Å². The third kappa shape index (κ3) is 2.53. The van der Waals surface area contributed by atoms with Crippen LogP contribution in [0, 0.1) is 0 Å². The molecular weight excluding hydrogens is 328 g/mol. The maximum absolute atomic E-state index is 13.4. The van der Waals surface area contributed by atoms with Crippen LogP contribution in [-0.4, -0.2) is 38.1 Å². The van der Waals surface area contributed by atoms with Gasteiger partial charge in [0.05, 0.1) is 5.69 Å². The largest absolute Gasteiger partial charge is 0.361 e. The molecule has 1 unspecified atom stereocenters. The van der Waals surface area contributed by atoms with Gasteiger partial charge in [-0.25, -0.2) is 5.10 Å². The minimum atomic E-state index is -0.175. The minimum absolute atomic E-state index is 0.101. The Morgan fingerprint density at radius 3 is 2.88 bits per heavy atom. The number of carbonyl (C=O) groups excluding carboxylic acids is 1. The van der Waals surface area contributed by atoms with E-state index in [2.05, 4.69) is 20.1 Å². The van der Waals surface area contributed by atoms with E-state index in [4.69, 9.17) is 0 Å². The highest BCUT2D eigenvalue weighted by Crippen LogP contribution is 2.35. The summed E-state index contributed by atoms with van der Waals surface area (Å²) in [5.41, 5.74) is 3.49. The van der Waals surface area contributed by atoms with Crippen LogP contribution in [0.1, 0.15) is 40.9 Å². The minimum Gasteiger partial charge on any atom is -0.361 e. The summed E-state index contributed by atoms with van der Waals surface area (Å²) in [6.07, 6.45) is 6.38. The molecule has 0 bridgehead atoms. The average molecular weight is 348 g/mol. The van der Waals surface area contributed by atoms with Gasteiger partial charge in [0.1, 0.15) is 0 Å². The Balaban J connectivity index is 1.50. The molecule has 1 fully saturated rings. The highest BCUT2D eigenvalue weighted by molar-refractivity contribution is 6.06. The van der Waals surface area contributed by atoms with E-state index in [0.29, 0.717) is 12.5 Å². The third-order valence-corrected chi connectivity index (χ3v) is 5.54. The van der Waals surface area contributed by atoms with Crippen molar-refractivity contribution in [3.05, 3.63) is 63.7 Å². The number of carbonyl (C=O) groups is 1. The van der Waals surface area contributed by atoms with Gasteiger partial charge in [-0.15, -0.1) is 0 Å². The van der Waals surface area contributed by atoms with Crippen molar-refractivity contribution in [2.24, 2.45) is 0 Å². The fraction of sp³-hybridized carbons (Fsp3) is 0.350. The van der Waals surface area contributed by atoms with E-state index >= 15 is 0 Å². The summed E-state index contributed by atoms with van der Waals surface area (Å²) in [6.45, 7) is 0. The third-order valence-electron chi connectivity index (χ3n) is 5.54. The van der Waals surface area contributed by atoms with Gasteiger partial charge in [0.25, 0.3) is 11.5 Å². The lowest BCUT2D eigenvalue weighted by Crippen LogP contribution is -2.45. The molecule has 1 aromatic carbocycles. The number of fused-ring (bicyclic) bond motifs is 2. The highest BCUT2D eigenvalue weighted by atomic mass is 16.2. The molecular formula is C20H20N4O2. The van der Waals surface area contributed by atoms with Crippen molar-refractivity contribution >= 4 is 16.8 Å². The zero-order valence-corrected chi connectivity index (χ0v) is 14.4. The lowest BCUT2D eigenvalue weighted by Gasteiger charge is -2.35. The Hall–Kier alpha value is -2.89. The van der Waals surface area contributed by atoms with E-state index in [0.717, 1.165) is 53.4 Å². The normalized spacial score (nSPS) is 19.3. The van der Waals surface area contributed by atoms with E-state index < -0.39 is 0 Å². The Morgan fingerprint density at radius 2 is 2.04 bits per heavy atom. The molecule has 5 rings (SSSR count). The fourth-order valence-corrected chi connectivity index (χ4v) is 4.15. The SMILES string of the molecule is O=C(c1cccc2[nH]ccc12)N(C1CC1)C1CCc2n[nH]c(=O)cc2C1. The molecule has 0 radical (unpaired) electrons. The second-order valence-corrected chi connectivity index (χ2v) is 7.29. The molecule has 132 valence electrons. The van der Waals surface area contributed by atoms with E-state index in [1.807, 2.05) is 30.5 Å². The number of nitrogens with zero attached hydrogens (tertiary/aromatic N) is 2. The van der Waals surface area contributed by atoms with Crippen LogP contribution in [0.3, 0.4) is 0 Å². The number of aryl methyl sites for hydroxylation is 1. The first kappa shape index (κ1) is 15.4. The summed E-state index contributed by atoms with van der Waals surface area (Å²) in [6, 6.07) is 9.87. The number of rotatable bonds is 3. The molecule has 2 heterocycles. The van der Waals surface area contributed by atoms with Gasteiger partial charge in [-0.1, -0.05) is 6.07 Å². The van der Waals surface area contributed by atoms with E-state index in [1.54, 1.807) is 6.07 Å². The number of benzene rings is 1. The van der Waals surface area contributed by atoms with Gasteiger partial charge < -0.3 is 9.88 Å². The summed E-state index contributed by atoms with van der Waals surface area (Å²) in [7, 11) is 0. The second kappa shape index (κ2) is 5.83. The number of aromatic amines is 2. The van der Waals surface area contributed by atoms with Crippen LogP contribution < -0.4 is 5.56 Å². The van der Waals surface area contributed by atoms with Crippen LogP contribution >= 0.6 is 0 Å². The van der Waals surface area contributed by atoms with Crippen LogP contribution in [0.4, 0.5) is 0 Å². The predicted octanol–water partition coefficient (Wildman–Crippen LogP) is 2.41. The number of H-pyrrole nitrogens is 2. The molecule has 3 aromatic rings. The molecule has 2 N–H and O–H groups in total. The molecule has 6 nitrogen and oxygen atoms in total. The Kier molecular flexibility index (Phi) is 3.45. The fourth-order valence-electron chi connectivity index (χ4n) is 4.15. The zero-order valence-electron chi connectivity index (χ0n) is 14.4. The molecule has 1 amide bonds. The number of hydrogen-bond acceptors (Lipinski definition) is 3. The van der Waals surface area contributed by atoms with Crippen molar-refractivity contribution in [1.82, 2.24) is 20.1 Å². The van der Waals surface area contributed by atoms with Crippen LogP contribution in [0.2, 0.25) is 0 Å². The van der Waals surface area contributed by atoms with Crippen LogP contribution in [0.25, 0.3) is 10.9 Å². The molecule has 26 heavy (non-hydrogen) atoms. The first-order chi connectivity index (χ1) is 12.7. The first-order valence-electron chi connectivity index (χ1n) is 9.17. The van der Waals surface area contributed by atoms with Gasteiger partial charge in [-0.05, 0) is 55.9 Å². The monoisotopic (exact) mass is 348 g/mol. The van der Waals surface area contributed by atoms with E-state index in [9.17, 15) is 9.59 Å². The molecule has 6 heteroatoms. The summed E-state index contributed by atoms with van der Waals surface area (Å²) in [5, 5.41) is 7.65. The Bertz CT molecular complexity index is 1050. The van der Waals surface area contributed by atoms with Gasteiger partial charge in [-0.3, -0.25) is 9.59 Å². The van der Waals surface area contributed by atoms with Crippen molar-refractivity contribution < 1.29 is 4.79 Å². The topological polar surface area (TPSA) is 81.8 Å². The summed E-state index contributed by atoms with van der Waals surface area (Å²) in [4.78, 5) is 30.3. The molecule has 0 aliphatic heterocycles. The second-order valence-electron chi connectivity index (χ2n) is 7.29. The van der Waals surface area contributed by atoms with Gasteiger partial charge >= 0.3 is 0 Å². The lowest BCUT2D eigenvalue weighted by atomic mass is 9.90. The quantitative estimate of drug-likeness (QED) is 0.763. The first-order valence-corrected chi connectivity index (χ1v) is 9.17. The average Bonchev–Trinajstić information content (AvgIpc) is 3.36. The van der Waals surface area contributed by atoms with Gasteiger partial charge in [0.2, 0.25) is 0 Å². The van der Waals surface area contributed by atoms with E-state index in [1.165, 1.54) is 0 Å². The van der Waals surface area contributed by atoms with Crippen molar-refractivity contribution in [3.63, 3.8) is 0 Å². The molecule has 2 aliphatic carbocycles. The van der Waals surface area contributed by atoms with Crippen LogP contribution in [0.15, 0.2) is 41.3 Å². The maximum Gasteiger partial charge on any atom is 0.264 e. The Labute approximate surface area is 150 Å². The molecule has 0 spiro atoms. The summed E-state index contributed by atoms with van der Waals surface area (Å²) in [5.74, 6) is 0.101. The molecule has 1 saturated carbocycles. The summed E-state index contributed by atoms with van der Waals surface area (Å²) >= 11 is 0. The standard InChI is InChI=1S/C20H20N4O2/c25-19-11-12-10-14(6-7-17(12)22-23-19)24(13-4-5-13)20(26)16-2-1-3-18-15(16)8-9-21-18/h1-3,8-9,11,13-14,21H,4-7,10H2,(H,23,25). The molecule has 0 saturated heterocycles. The number of hydrogen-bond donors (Lipinski definition) is 2.